The standard InChI is InChI=1S/C14H9Cl2F7N4O3/c1-12(29,14(21,22)23)4-2-5(15)9(7(16)8(4)17)26-11(28)24-3-6-25-10(30-27-6)13(18,19)20/h2,29H,3H2,1H3,(H2,24,26,28). The minimum atomic E-state index is -5.27. The Labute approximate surface area is 172 Å². The third-order valence-corrected chi connectivity index (χ3v) is 4.24. The van der Waals surface area contributed by atoms with Gasteiger partial charge in [-0.15, -0.1) is 0 Å². The zero-order chi connectivity index (χ0) is 23.1. The Morgan fingerprint density at radius 1 is 1.23 bits per heavy atom. The lowest BCUT2D eigenvalue weighted by atomic mass is 9.94. The summed E-state index contributed by atoms with van der Waals surface area (Å²) in [6, 6.07) is -0.771. The molecule has 0 aliphatic carbocycles. The van der Waals surface area contributed by atoms with Crippen molar-refractivity contribution in [3.63, 3.8) is 0 Å². The lowest BCUT2D eigenvalue weighted by Gasteiger charge is -2.28. The van der Waals surface area contributed by atoms with Gasteiger partial charge in [-0.1, -0.05) is 28.4 Å². The topological polar surface area (TPSA) is 100 Å². The molecular formula is C14H9Cl2F7N4O3. The first-order valence-corrected chi connectivity index (χ1v) is 8.23. The third kappa shape index (κ3) is 4.87. The summed E-state index contributed by atoms with van der Waals surface area (Å²) < 4.78 is 94.1. The Kier molecular flexibility index (Phi) is 6.45. The van der Waals surface area contributed by atoms with E-state index in [1.807, 2.05) is 10.6 Å². The van der Waals surface area contributed by atoms with Gasteiger partial charge >= 0.3 is 24.3 Å². The van der Waals surface area contributed by atoms with Crippen LogP contribution in [-0.4, -0.2) is 27.5 Å². The molecule has 0 spiro atoms. The molecule has 2 aromatic rings. The lowest BCUT2D eigenvalue weighted by Crippen LogP contribution is -2.40. The van der Waals surface area contributed by atoms with E-state index in [9.17, 15) is 40.6 Å². The summed E-state index contributed by atoms with van der Waals surface area (Å²) in [6.45, 7) is -0.387. The first kappa shape index (κ1) is 24.0. The Morgan fingerprint density at radius 3 is 2.33 bits per heavy atom. The van der Waals surface area contributed by atoms with Gasteiger partial charge in [0.2, 0.25) is 0 Å². The van der Waals surface area contributed by atoms with Crippen LogP contribution in [0, 0.1) is 5.82 Å². The molecule has 0 fully saturated rings. The van der Waals surface area contributed by atoms with Crippen molar-refractivity contribution in [3.05, 3.63) is 39.2 Å². The van der Waals surface area contributed by atoms with Gasteiger partial charge in [0.1, 0.15) is 10.8 Å². The van der Waals surface area contributed by atoms with Crippen molar-refractivity contribution in [1.29, 1.82) is 0 Å². The predicted octanol–water partition coefficient (Wildman–Crippen LogP) is 4.63. The first-order chi connectivity index (χ1) is 13.6. The molecule has 1 atom stereocenters. The number of carbonyl (C=O) groups excluding carboxylic acids is 1. The van der Waals surface area contributed by atoms with Crippen molar-refractivity contribution >= 4 is 34.9 Å². The second kappa shape index (κ2) is 8.07. The zero-order valence-corrected chi connectivity index (χ0v) is 15.9. The van der Waals surface area contributed by atoms with Crippen molar-refractivity contribution in [2.24, 2.45) is 0 Å². The highest BCUT2D eigenvalue weighted by Gasteiger charge is 2.53. The lowest BCUT2D eigenvalue weighted by molar-refractivity contribution is -0.259. The fraction of sp³-hybridized carbons (Fsp3) is 0.357. The molecule has 0 saturated heterocycles. The smallest absolute Gasteiger partial charge is 0.376 e. The van der Waals surface area contributed by atoms with E-state index < -0.39 is 69.4 Å². The molecule has 0 aliphatic rings. The Balaban J connectivity index is 2.18. The van der Waals surface area contributed by atoms with E-state index in [1.165, 1.54) is 0 Å². The van der Waals surface area contributed by atoms with E-state index in [0.29, 0.717) is 6.07 Å². The number of anilines is 1. The molecule has 3 N–H and O–H groups in total. The van der Waals surface area contributed by atoms with Gasteiger partial charge in [-0.3, -0.25) is 0 Å². The van der Waals surface area contributed by atoms with E-state index in [2.05, 4.69) is 14.7 Å². The fourth-order valence-electron chi connectivity index (χ4n) is 1.97. The minimum absolute atomic E-state index is 0.276. The molecule has 1 unspecified atom stereocenters. The van der Waals surface area contributed by atoms with E-state index in [0.717, 1.165) is 0 Å². The van der Waals surface area contributed by atoms with Gasteiger partial charge in [0.15, 0.2) is 11.4 Å². The number of aliphatic hydroxyl groups is 1. The van der Waals surface area contributed by atoms with E-state index >= 15 is 0 Å². The van der Waals surface area contributed by atoms with Gasteiger partial charge < -0.3 is 20.3 Å². The van der Waals surface area contributed by atoms with Crippen LogP contribution in [0.5, 0.6) is 0 Å². The molecule has 1 aromatic heterocycles. The highest BCUT2D eigenvalue weighted by Crippen LogP contribution is 2.44. The summed E-state index contributed by atoms with van der Waals surface area (Å²) in [5.41, 5.74) is -5.58. The molecule has 2 amide bonds. The highest BCUT2D eigenvalue weighted by molar-refractivity contribution is 6.40. The van der Waals surface area contributed by atoms with Crippen LogP contribution in [-0.2, 0) is 18.3 Å². The van der Waals surface area contributed by atoms with Crippen LogP contribution in [0.3, 0.4) is 0 Å². The summed E-state index contributed by atoms with van der Waals surface area (Å²) in [7, 11) is 0. The Morgan fingerprint density at radius 2 is 1.83 bits per heavy atom. The molecular weight excluding hydrogens is 476 g/mol. The number of halogens is 9. The van der Waals surface area contributed by atoms with Crippen molar-refractivity contribution in [1.82, 2.24) is 15.5 Å². The second-order valence-corrected chi connectivity index (χ2v) is 6.59. The Bertz CT molecular complexity index is 960. The summed E-state index contributed by atoms with van der Waals surface area (Å²) >= 11 is 11.4. The number of urea groups is 1. The van der Waals surface area contributed by atoms with Crippen molar-refractivity contribution in [2.75, 3.05) is 5.32 Å². The van der Waals surface area contributed by atoms with Crippen LogP contribution in [0.25, 0.3) is 0 Å². The molecule has 166 valence electrons. The van der Waals surface area contributed by atoms with Gasteiger partial charge in [0, 0.05) is 5.56 Å². The summed E-state index contributed by atoms with van der Waals surface area (Å²) in [5, 5.41) is 14.8. The molecule has 0 saturated carbocycles. The van der Waals surface area contributed by atoms with Gasteiger partial charge in [-0.25, -0.2) is 9.18 Å². The van der Waals surface area contributed by atoms with E-state index in [-0.39, 0.29) is 6.92 Å². The van der Waals surface area contributed by atoms with Gasteiger partial charge in [-0.05, 0) is 13.0 Å². The minimum Gasteiger partial charge on any atom is -0.376 e. The normalized spacial score (nSPS) is 14.4. The van der Waals surface area contributed by atoms with Crippen LogP contribution in [0.1, 0.15) is 24.2 Å². The number of benzene rings is 1. The van der Waals surface area contributed by atoms with Crippen molar-refractivity contribution < 1.29 is 45.2 Å². The molecule has 16 heteroatoms. The molecule has 2 rings (SSSR count). The predicted molar refractivity (Wildman–Crippen MR) is 87.2 cm³/mol. The number of nitrogens with one attached hydrogen (secondary N) is 2. The van der Waals surface area contributed by atoms with Crippen LogP contribution in [0.15, 0.2) is 10.6 Å². The molecule has 1 heterocycles. The zero-order valence-electron chi connectivity index (χ0n) is 14.3. The maximum Gasteiger partial charge on any atom is 0.471 e. The van der Waals surface area contributed by atoms with Gasteiger partial charge in [0.25, 0.3) is 0 Å². The SMILES string of the molecule is CC(O)(c1cc(Cl)c(NC(=O)NCc2noc(C(F)(F)F)n2)c(Cl)c1F)C(F)(F)F. The van der Waals surface area contributed by atoms with Gasteiger partial charge in [-0.2, -0.15) is 31.3 Å². The largest absolute Gasteiger partial charge is 0.471 e. The first-order valence-electron chi connectivity index (χ1n) is 7.47. The van der Waals surface area contributed by atoms with Gasteiger partial charge in [0.05, 0.1) is 17.3 Å². The van der Waals surface area contributed by atoms with Crippen LogP contribution < -0.4 is 10.6 Å². The molecule has 30 heavy (non-hydrogen) atoms. The van der Waals surface area contributed by atoms with Crippen LogP contribution >= 0.6 is 23.2 Å². The van der Waals surface area contributed by atoms with Crippen LogP contribution in [0.2, 0.25) is 10.0 Å². The average Bonchev–Trinajstić information content (AvgIpc) is 3.08. The fourth-order valence-corrected chi connectivity index (χ4v) is 2.52. The third-order valence-electron chi connectivity index (χ3n) is 3.59. The summed E-state index contributed by atoms with van der Waals surface area (Å²) in [5.74, 6) is -3.91. The maximum absolute atomic E-state index is 14.3. The molecule has 0 bridgehead atoms. The monoisotopic (exact) mass is 484 g/mol. The Hall–Kier alpha value is -2.32. The number of hydrogen-bond donors (Lipinski definition) is 3. The number of hydrogen-bond acceptors (Lipinski definition) is 5. The maximum atomic E-state index is 14.3. The highest BCUT2D eigenvalue weighted by atomic mass is 35.5. The average molecular weight is 485 g/mol. The van der Waals surface area contributed by atoms with E-state index in [4.69, 9.17) is 23.2 Å². The number of carbonyl (C=O) groups is 1. The quantitative estimate of drug-likeness (QED) is 0.434. The second-order valence-electron chi connectivity index (χ2n) is 5.80. The van der Waals surface area contributed by atoms with Crippen molar-refractivity contribution in [3.8, 4) is 0 Å². The number of nitrogens with zero attached hydrogens (tertiary/aromatic N) is 2. The van der Waals surface area contributed by atoms with E-state index in [1.54, 1.807) is 0 Å². The van der Waals surface area contributed by atoms with Crippen molar-refractivity contribution in [2.45, 2.75) is 31.4 Å². The molecule has 0 radical (unpaired) electrons. The number of aromatic nitrogens is 2. The number of amides is 2. The summed E-state index contributed by atoms with van der Waals surface area (Å²) in [4.78, 5) is 14.8. The molecule has 7 nitrogen and oxygen atoms in total. The molecule has 1 aromatic carbocycles. The summed E-state index contributed by atoms with van der Waals surface area (Å²) in [6.07, 6.45) is -10.2. The number of alkyl halides is 6. The molecule has 0 aliphatic heterocycles. The van der Waals surface area contributed by atoms with Crippen LogP contribution in [0.4, 0.5) is 41.2 Å². The number of rotatable bonds is 4.